The number of amides is 1. The molecule has 3 N–H and O–H groups in total. The molecule has 1 aromatic carbocycles. The van der Waals surface area contributed by atoms with Crippen molar-refractivity contribution in [3.63, 3.8) is 0 Å². The number of rotatable bonds is 3. The number of hydrogen-bond donors (Lipinski definition) is 2. The van der Waals surface area contributed by atoms with Crippen LogP contribution in [0.5, 0.6) is 0 Å². The Bertz CT molecular complexity index is 323. The number of benzene rings is 1. The minimum atomic E-state index is -0.0633. The number of nitrogens with one attached hydrogen (secondary N) is 1. The van der Waals surface area contributed by atoms with Crippen molar-refractivity contribution < 1.29 is 4.79 Å². The van der Waals surface area contributed by atoms with E-state index in [0.29, 0.717) is 12.1 Å². The summed E-state index contributed by atoms with van der Waals surface area (Å²) >= 11 is 0. The Hall–Kier alpha value is -1.35. The van der Waals surface area contributed by atoms with E-state index in [1.807, 2.05) is 32.0 Å². The lowest BCUT2D eigenvalue weighted by atomic mass is 10.1. The summed E-state index contributed by atoms with van der Waals surface area (Å²) < 4.78 is 0. The van der Waals surface area contributed by atoms with E-state index < -0.39 is 0 Å². The number of hydrogen-bond acceptors (Lipinski definition) is 2. The lowest BCUT2D eigenvalue weighted by molar-refractivity contribution is 0.0941. The molecule has 0 fully saturated rings. The third-order valence-electron chi connectivity index (χ3n) is 2.01. The number of carbonyl (C=O) groups excluding carboxylic acids is 1. The summed E-state index contributed by atoms with van der Waals surface area (Å²) in [5.74, 6) is -0.0633. The molecule has 0 heterocycles. The van der Waals surface area contributed by atoms with Crippen LogP contribution in [0.3, 0.4) is 0 Å². The van der Waals surface area contributed by atoms with Gasteiger partial charge in [-0.2, -0.15) is 0 Å². The second kappa shape index (κ2) is 4.77. The maximum Gasteiger partial charge on any atom is 0.251 e. The van der Waals surface area contributed by atoms with Crippen molar-refractivity contribution in [3.8, 4) is 0 Å². The van der Waals surface area contributed by atoms with Crippen LogP contribution in [0.15, 0.2) is 24.3 Å². The molecule has 1 aromatic rings. The van der Waals surface area contributed by atoms with Crippen LogP contribution in [0.2, 0.25) is 0 Å². The van der Waals surface area contributed by atoms with E-state index in [1.54, 1.807) is 6.07 Å². The molecule has 0 saturated heterocycles. The van der Waals surface area contributed by atoms with Gasteiger partial charge in [0.15, 0.2) is 0 Å². The van der Waals surface area contributed by atoms with Crippen molar-refractivity contribution in [3.05, 3.63) is 35.4 Å². The van der Waals surface area contributed by atoms with Crippen LogP contribution in [0, 0.1) is 6.92 Å². The van der Waals surface area contributed by atoms with Crippen LogP contribution in [-0.2, 0) is 0 Å². The Kier molecular flexibility index (Phi) is 3.65. The van der Waals surface area contributed by atoms with Gasteiger partial charge in [0.25, 0.3) is 5.91 Å². The van der Waals surface area contributed by atoms with E-state index in [0.717, 1.165) is 5.56 Å². The Labute approximate surface area is 84.3 Å². The van der Waals surface area contributed by atoms with Gasteiger partial charge in [0.1, 0.15) is 0 Å². The molecular weight excluding hydrogens is 176 g/mol. The zero-order chi connectivity index (χ0) is 10.6. The molecule has 0 unspecified atom stereocenters. The van der Waals surface area contributed by atoms with E-state index in [9.17, 15) is 4.79 Å². The highest BCUT2D eigenvalue weighted by Crippen LogP contribution is 2.03. The lowest BCUT2D eigenvalue weighted by Gasteiger charge is -2.11. The first-order valence-electron chi connectivity index (χ1n) is 4.71. The summed E-state index contributed by atoms with van der Waals surface area (Å²) in [5.41, 5.74) is 7.18. The van der Waals surface area contributed by atoms with Gasteiger partial charge in [-0.05, 0) is 26.0 Å². The first kappa shape index (κ1) is 10.7. The van der Waals surface area contributed by atoms with Crippen molar-refractivity contribution >= 4 is 5.91 Å². The molecule has 0 aromatic heterocycles. The maximum atomic E-state index is 11.6. The smallest absolute Gasteiger partial charge is 0.251 e. The third-order valence-corrected chi connectivity index (χ3v) is 2.01. The highest BCUT2D eigenvalue weighted by Gasteiger charge is 2.07. The second-order valence-corrected chi connectivity index (χ2v) is 3.48. The van der Waals surface area contributed by atoms with Gasteiger partial charge in [0, 0.05) is 18.2 Å². The van der Waals surface area contributed by atoms with Crippen LogP contribution >= 0.6 is 0 Å². The number of carbonyl (C=O) groups is 1. The molecule has 0 spiro atoms. The van der Waals surface area contributed by atoms with Crippen molar-refractivity contribution in [1.82, 2.24) is 5.32 Å². The predicted molar refractivity (Wildman–Crippen MR) is 57.2 cm³/mol. The summed E-state index contributed by atoms with van der Waals surface area (Å²) in [6.45, 7) is 4.30. The highest BCUT2D eigenvalue weighted by atomic mass is 16.1. The molecule has 0 radical (unpaired) electrons. The van der Waals surface area contributed by atoms with Crippen molar-refractivity contribution in [2.75, 3.05) is 6.54 Å². The molecule has 14 heavy (non-hydrogen) atoms. The van der Waals surface area contributed by atoms with Gasteiger partial charge in [0.05, 0.1) is 0 Å². The van der Waals surface area contributed by atoms with Crippen LogP contribution in [0.1, 0.15) is 22.8 Å². The molecule has 1 atom stereocenters. The average molecular weight is 192 g/mol. The quantitative estimate of drug-likeness (QED) is 0.752. The van der Waals surface area contributed by atoms with Crippen LogP contribution in [0.25, 0.3) is 0 Å². The fraction of sp³-hybridized carbons (Fsp3) is 0.364. The molecule has 76 valence electrons. The van der Waals surface area contributed by atoms with Gasteiger partial charge < -0.3 is 11.1 Å². The Morgan fingerprint density at radius 3 is 2.86 bits per heavy atom. The zero-order valence-corrected chi connectivity index (χ0v) is 8.58. The second-order valence-electron chi connectivity index (χ2n) is 3.48. The summed E-state index contributed by atoms with van der Waals surface area (Å²) in [5, 5.41) is 2.81. The molecule has 1 rings (SSSR count). The minimum Gasteiger partial charge on any atom is -0.348 e. The summed E-state index contributed by atoms with van der Waals surface area (Å²) in [6, 6.07) is 7.51. The SMILES string of the molecule is Cc1cccc(C(=O)N[C@@H](C)CN)c1. The molecule has 1 amide bonds. The van der Waals surface area contributed by atoms with E-state index >= 15 is 0 Å². The van der Waals surface area contributed by atoms with E-state index in [1.165, 1.54) is 0 Å². The molecular formula is C11H16N2O. The molecule has 3 heteroatoms. The van der Waals surface area contributed by atoms with Gasteiger partial charge in [-0.1, -0.05) is 17.7 Å². The van der Waals surface area contributed by atoms with Gasteiger partial charge in [-0.3, -0.25) is 4.79 Å². The molecule has 0 aliphatic carbocycles. The van der Waals surface area contributed by atoms with E-state index in [4.69, 9.17) is 5.73 Å². The number of nitrogens with two attached hydrogens (primary N) is 1. The van der Waals surface area contributed by atoms with Crippen LogP contribution < -0.4 is 11.1 Å². The van der Waals surface area contributed by atoms with E-state index in [-0.39, 0.29) is 11.9 Å². The highest BCUT2D eigenvalue weighted by molar-refractivity contribution is 5.94. The largest absolute Gasteiger partial charge is 0.348 e. The molecule has 0 aliphatic heterocycles. The molecule has 3 nitrogen and oxygen atoms in total. The fourth-order valence-electron chi connectivity index (χ4n) is 1.15. The van der Waals surface area contributed by atoms with Crippen molar-refractivity contribution in [1.29, 1.82) is 0 Å². The molecule has 0 bridgehead atoms. The Morgan fingerprint density at radius 2 is 2.29 bits per heavy atom. The third kappa shape index (κ3) is 2.85. The Morgan fingerprint density at radius 1 is 1.57 bits per heavy atom. The fourth-order valence-corrected chi connectivity index (χ4v) is 1.15. The zero-order valence-electron chi connectivity index (χ0n) is 8.58. The monoisotopic (exact) mass is 192 g/mol. The van der Waals surface area contributed by atoms with Crippen molar-refractivity contribution in [2.45, 2.75) is 19.9 Å². The molecule has 0 aliphatic rings. The van der Waals surface area contributed by atoms with Gasteiger partial charge in [-0.25, -0.2) is 0 Å². The van der Waals surface area contributed by atoms with E-state index in [2.05, 4.69) is 5.32 Å². The summed E-state index contributed by atoms with van der Waals surface area (Å²) in [4.78, 5) is 11.6. The predicted octanol–water partition coefficient (Wildman–Crippen LogP) is 1.07. The average Bonchev–Trinajstić information content (AvgIpc) is 2.17. The number of aryl methyl sites for hydroxylation is 1. The van der Waals surface area contributed by atoms with Gasteiger partial charge in [0.2, 0.25) is 0 Å². The summed E-state index contributed by atoms with van der Waals surface area (Å²) in [7, 11) is 0. The molecule has 0 saturated carbocycles. The Balaban J connectivity index is 2.70. The van der Waals surface area contributed by atoms with Crippen LogP contribution in [0.4, 0.5) is 0 Å². The first-order chi connectivity index (χ1) is 6.63. The normalized spacial score (nSPS) is 12.2. The van der Waals surface area contributed by atoms with Crippen LogP contribution in [-0.4, -0.2) is 18.5 Å². The van der Waals surface area contributed by atoms with Crippen molar-refractivity contribution in [2.24, 2.45) is 5.73 Å². The maximum absolute atomic E-state index is 11.6. The van der Waals surface area contributed by atoms with Gasteiger partial charge in [-0.15, -0.1) is 0 Å². The van der Waals surface area contributed by atoms with Gasteiger partial charge >= 0.3 is 0 Å². The summed E-state index contributed by atoms with van der Waals surface area (Å²) in [6.07, 6.45) is 0. The minimum absolute atomic E-state index is 0.0167. The standard InChI is InChI=1S/C11H16N2O/c1-8-4-3-5-10(6-8)11(14)13-9(2)7-12/h3-6,9H,7,12H2,1-2H3,(H,13,14)/t9-/m0/s1. The topological polar surface area (TPSA) is 55.1 Å². The lowest BCUT2D eigenvalue weighted by Crippen LogP contribution is -2.37. The first-order valence-corrected chi connectivity index (χ1v) is 4.71.